The lowest BCUT2D eigenvalue weighted by Crippen LogP contribution is -2.01. The lowest BCUT2D eigenvalue weighted by Gasteiger charge is -2.09. The van der Waals surface area contributed by atoms with Gasteiger partial charge in [-0.05, 0) is 17.9 Å². The highest BCUT2D eigenvalue weighted by Crippen LogP contribution is 2.23. The molecule has 0 N–H and O–H groups in total. The fraction of sp³-hybridized carbons (Fsp3) is 0.250. The van der Waals surface area contributed by atoms with Crippen molar-refractivity contribution in [1.29, 1.82) is 0 Å². The predicted molar refractivity (Wildman–Crippen MR) is 80.9 cm³/mol. The Morgan fingerprint density at radius 2 is 1.86 bits per heavy atom. The van der Waals surface area contributed by atoms with E-state index >= 15 is 0 Å². The highest BCUT2D eigenvalue weighted by Gasteiger charge is 2.09. The summed E-state index contributed by atoms with van der Waals surface area (Å²) in [6.45, 7) is 4.45. The van der Waals surface area contributed by atoms with Crippen LogP contribution in [0, 0.1) is 5.92 Å². The van der Waals surface area contributed by atoms with Crippen LogP contribution in [0.5, 0.6) is 0 Å². The van der Waals surface area contributed by atoms with Gasteiger partial charge in [-0.15, -0.1) is 0 Å². The van der Waals surface area contributed by atoms with Gasteiger partial charge in [-0.1, -0.05) is 38.1 Å². The molecular formula is C16H17N5. The van der Waals surface area contributed by atoms with Gasteiger partial charge in [0.1, 0.15) is 24.7 Å². The van der Waals surface area contributed by atoms with Crippen LogP contribution in [0.25, 0.3) is 16.9 Å². The van der Waals surface area contributed by atoms with Crippen LogP contribution in [0.2, 0.25) is 0 Å². The number of rotatable bonds is 4. The molecule has 106 valence electrons. The van der Waals surface area contributed by atoms with Crippen molar-refractivity contribution in [3.8, 4) is 16.9 Å². The molecule has 5 heteroatoms. The molecule has 0 saturated carbocycles. The molecule has 0 saturated heterocycles. The number of aromatic nitrogens is 5. The van der Waals surface area contributed by atoms with E-state index in [1.54, 1.807) is 23.5 Å². The van der Waals surface area contributed by atoms with E-state index in [9.17, 15) is 0 Å². The van der Waals surface area contributed by atoms with Gasteiger partial charge in [0.05, 0.1) is 11.9 Å². The molecule has 0 fully saturated rings. The van der Waals surface area contributed by atoms with Crippen LogP contribution in [-0.4, -0.2) is 24.7 Å². The summed E-state index contributed by atoms with van der Waals surface area (Å²) >= 11 is 0. The zero-order chi connectivity index (χ0) is 14.7. The van der Waals surface area contributed by atoms with E-state index in [-0.39, 0.29) is 0 Å². The third-order valence-corrected chi connectivity index (χ3v) is 3.23. The largest absolute Gasteiger partial charge is 0.243 e. The van der Waals surface area contributed by atoms with Crippen molar-refractivity contribution >= 4 is 0 Å². The minimum absolute atomic E-state index is 0.653. The van der Waals surface area contributed by atoms with Gasteiger partial charge >= 0.3 is 0 Å². The monoisotopic (exact) mass is 279 g/mol. The highest BCUT2D eigenvalue weighted by atomic mass is 15.3. The van der Waals surface area contributed by atoms with Crippen molar-refractivity contribution in [3.05, 3.63) is 55.0 Å². The summed E-state index contributed by atoms with van der Waals surface area (Å²) in [7, 11) is 0. The van der Waals surface area contributed by atoms with Gasteiger partial charge < -0.3 is 0 Å². The van der Waals surface area contributed by atoms with Gasteiger partial charge in [-0.3, -0.25) is 0 Å². The van der Waals surface area contributed by atoms with E-state index in [1.807, 2.05) is 0 Å². The fourth-order valence-corrected chi connectivity index (χ4v) is 2.32. The summed E-state index contributed by atoms with van der Waals surface area (Å²) in [5.74, 6) is 0.653. The van der Waals surface area contributed by atoms with Gasteiger partial charge in [-0.2, -0.15) is 5.10 Å². The van der Waals surface area contributed by atoms with Crippen LogP contribution in [-0.2, 0) is 6.42 Å². The van der Waals surface area contributed by atoms with Gasteiger partial charge in [0.25, 0.3) is 0 Å². The average Bonchev–Trinajstić information content (AvgIpc) is 3.02. The molecule has 0 bridgehead atoms. The van der Waals surface area contributed by atoms with Crippen LogP contribution in [0.4, 0.5) is 0 Å². The Morgan fingerprint density at radius 3 is 2.52 bits per heavy atom. The first-order chi connectivity index (χ1) is 10.2. The van der Waals surface area contributed by atoms with E-state index in [0.717, 1.165) is 23.4 Å². The van der Waals surface area contributed by atoms with Crippen LogP contribution in [0.1, 0.15) is 19.4 Å². The third kappa shape index (κ3) is 2.97. The summed E-state index contributed by atoms with van der Waals surface area (Å²) < 4.78 is 1.68. The summed E-state index contributed by atoms with van der Waals surface area (Å²) in [6.07, 6.45) is 7.54. The molecule has 0 radical (unpaired) electrons. The van der Waals surface area contributed by atoms with E-state index in [4.69, 9.17) is 0 Å². The maximum absolute atomic E-state index is 4.40. The van der Waals surface area contributed by atoms with Gasteiger partial charge in [-0.25, -0.2) is 19.6 Å². The highest BCUT2D eigenvalue weighted by molar-refractivity contribution is 5.68. The minimum atomic E-state index is 0.653. The quantitative estimate of drug-likeness (QED) is 0.737. The fourth-order valence-electron chi connectivity index (χ4n) is 2.32. The summed E-state index contributed by atoms with van der Waals surface area (Å²) in [6, 6.07) is 8.51. The Kier molecular flexibility index (Phi) is 3.73. The molecule has 3 aromatic rings. The Labute approximate surface area is 123 Å². The smallest absolute Gasteiger partial charge is 0.138 e. The zero-order valence-corrected chi connectivity index (χ0v) is 12.1. The molecule has 0 atom stereocenters. The molecule has 0 aliphatic heterocycles. The topological polar surface area (TPSA) is 56.5 Å². The number of nitrogens with zero attached hydrogens (tertiary/aromatic N) is 5. The second-order valence-electron chi connectivity index (χ2n) is 5.39. The lowest BCUT2D eigenvalue weighted by molar-refractivity contribution is 0.647. The molecule has 2 aromatic heterocycles. The molecule has 0 aliphatic rings. The Balaban J connectivity index is 1.97. The molecule has 21 heavy (non-hydrogen) atoms. The second-order valence-corrected chi connectivity index (χ2v) is 5.39. The van der Waals surface area contributed by atoms with E-state index in [0.29, 0.717) is 5.92 Å². The van der Waals surface area contributed by atoms with E-state index in [1.165, 1.54) is 11.9 Å². The normalized spacial score (nSPS) is 11.0. The van der Waals surface area contributed by atoms with E-state index in [2.05, 4.69) is 58.2 Å². The van der Waals surface area contributed by atoms with Crippen molar-refractivity contribution in [2.24, 2.45) is 5.92 Å². The van der Waals surface area contributed by atoms with Gasteiger partial charge in [0.2, 0.25) is 0 Å². The first-order valence-electron chi connectivity index (χ1n) is 6.98. The lowest BCUT2D eigenvalue weighted by atomic mass is 10.0. The summed E-state index contributed by atoms with van der Waals surface area (Å²) in [5.41, 5.74) is 4.07. The van der Waals surface area contributed by atoms with Crippen LogP contribution in [0.15, 0.2) is 49.4 Å². The molecule has 1 aromatic carbocycles. The van der Waals surface area contributed by atoms with Crippen LogP contribution in [0.3, 0.4) is 0 Å². The van der Waals surface area contributed by atoms with Crippen LogP contribution < -0.4 is 0 Å². The van der Waals surface area contributed by atoms with E-state index < -0.39 is 0 Å². The van der Waals surface area contributed by atoms with Crippen molar-refractivity contribution in [2.75, 3.05) is 0 Å². The molecular weight excluding hydrogens is 262 g/mol. The number of benzene rings is 1. The van der Waals surface area contributed by atoms with Crippen molar-refractivity contribution in [3.63, 3.8) is 0 Å². The first-order valence-corrected chi connectivity index (χ1v) is 6.98. The predicted octanol–water partition coefficient (Wildman–Crippen LogP) is 2.92. The SMILES string of the molecule is CC(C)Cc1ccc(-c2ncncc2-n2cncn2)cc1. The average molecular weight is 279 g/mol. The van der Waals surface area contributed by atoms with Crippen molar-refractivity contribution in [2.45, 2.75) is 20.3 Å². The van der Waals surface area contributed by atoms with Gasteiger partial charge in [0.15, 0.2) is 0 Å². The third-order valence-electron chi connectivity index (χ3n) is 3.23. The Bertz CT molecular complexity index is 702. The Morgan fingerprint density at radius 1 is 1.05 bits per heavy atom. The molecule has 0 aliphatic carbocycles. The summed E-state index contributed by atoms with van der Waals surface area (Å²) in [4.78, 5) is 12.5. The summed E-state index contributed by atoms with van der Waals surface area (Å²) in [5, 5.41) is 4.16. The number of hydrogen-bond acceptors (Lipinski definition) is 4. The maximum atomic E-state index is 4.40. The van der Waals surface area contributed by atoms with Crippen LogP contribution >= 0.6 is 0 Å². The molecule has 0 spiro atoms. The standard InChI is InChI=1S/C16H17N5/c1-12(2)7-13-3-5-14(6-4-13)16-15(8-17-9-19-16)21-11-18-10-20-21/h3-6,8-12H,7H2,1-2H3. The number of hydrogen-bond donors (Lipinski definition) is 0. The molecule has 3 rings (SSSR count). The van der Waals surface area contributed by atoms with Crippen molar-refractivity contribution in [1.82, 2.24) is 24.7 Å². The molecule has 5 nitrogen and oxygen atoms in total. The molecule has 2 heterocycles. The zero-order valence-electron chi connectivity index (χ0n) is 12.1. The van der Waals surface area contributed by atoms with Gasteiger partial charge in [0, 0.05) is 5.56 Å². The Hall–Kier alpha value is -2.56. The first kappa shape index (κ1) is 13.4. The maximum Gasteiger partial charge on any atom is 0.138 e. The molecule has 0 amide bonds. The van der Waals surface area contributed by atoms with Crippen molar-refractivity contribution < 1.29 is 0 Å². The second kappa shape index (κ2) is 5.83. The molecule has 0 unspecified atom stereocenters. The minimum Gasteiger partial charge on any atom is -0.243 e.